The summed E-state index contributed by atoms with van der Waals surface area (Å²) in [6.45, 7) is -0.675. The summed E-state index contributed by atoms with van der Waals surface area (Å²) >= 11 is 0. The summed E-state index contributed by atoms with van der Waals surface area (Å²) in [7, 11) is -4.26. The second-order valence-electron chi connectivity index (χ2n) is 5.56. The Morgan fingerprint density at radius 3 is 2.42 bits per heavy atom. The molecule has 1 amide bonds. The first-order valence-corrected chi connectivity index (χ1v) is 8.41. The molecule has 6 N–H and O–H groups in total. The van der Waals surface area contributed by atoms with E-state index in [0.717, 1.165) is 6.07 Å². The molecular formula is C13H15NO9S. The van der Waals surface area contributed by atoms with Crippen molar-refractivity contribution in [3.8, 4) is 5.75 Å². The van der Waals surface area contributed by atoms with Crippen LogP contribution in [0.15, 0.2) is 17.0 Å². The molecule has 0 saturated carbocycles. The molecule has 0 spiro atoms. The van der Waals surface area contributed by atoms with Crippen LogP contribution in [0.5, 0.6) is 5.75 Å². The average molecular weight is 361 g/mol. The fourth-order valence-corrected chi connectivity index (χ4v) is 4.13. The number of carbonyl (C=O) groups is 1. The lowest BCUT2D eigenvalue weighted by Gasteiger charge is -2.40. The number of ether oxygens (including phenoxy) is 1. The van der Waals surface area contributed by atoms with Crippen molar-refractivity contribution in [3.05, 3.63) is 23.3 Å². The second kappa shape index (κ2) is 5.65. The van der Waals surface area contributed by atoms with Gasteiger partial charge in [0.1, 0.15) is 41.2 Å². The molecule has 2 aliphatic heterocycles. The van der Waals surface area contributed by atoms with Crippen molar-refractivity contribution in [1.29, 1.82) is 0 Å². The van der Waals surface area contributed by atoms with Gasteiger partial charge in [0.2, 0.25) is 0 Å². The maximum atomic E-state index is 11.9. The van der Waals surface area contributed by atoms with Crippen LogP contribution in [-0.2, 0) is 14.8 Å². The smallest absolute Gasteiger partial charge is 0.268 e. The van der Waals surface area contributed by atoms with Crippen LogP contribution in [0.1, 0.15) is 22.0 Å². The molecule has 2 heterocycles. The first-order valence-electron chi connectivity index (χ1n) is 6.92. The number of carbonyl (C=O) groups excluding carboxylic acids is 1. The highest BCUT2D eigenvalue weighted by molar-refractivity contribution is 7.90. The van der Waals surface area contributed by atoms with Gasteiger partial charge in [0.25, 0.3) is 15.9 Å². The van der Waals surface area contributed by atoms with Gasteiger partial charge in [-0.2, -0.15) is 0 Å². The van der Waals surface area contributed by atoms with Gasteiger partial charge in [-0.05, 0) is 6.07 Å². The van der Waals surface area contributed by atoms with E-state index in [4.69, 9.17) is 4.74 Å². The van der Waals surface area contributed by atoms with Crippen LogP contribution < -0.4 is 4.72 Å². The first-order chi connectivity index (χ1) is 11.2. The van der Waals surface area contributed by atoms with Crippen LogP contribution in [0.3, 0.4) is 0 Å². The summed E-state index contributed by atoms with van der Waals surface area (Å²) < 4.78 is 30.8. The molecule has 2 aliphatic rings. The normalized spacial score (nSPS) is 34.7. The van der Waals surface area contributed by atoms with E-state index in [9.17, 15) is 38.7 Å². The van der Waals surface area contributed by atoms with Gasteiger partial charge in [-0.15, -0.1) is 0 Å². The summed E-state index contributed by atoms with van der Waals surface area (Å²) in [4.78, 5) is 10.9. The summed E-state index contributed by atoms with van der Waals surface area (Å²) in [5.41, 5.74) is -0.466. The van der Waals surface area contributed by atoms with Crippen molar-refractivity contribution in [1.82, 2.24) is 4.72 Å². The number of aliphatic hydroxyl groups excluding tert-OH is 4. The zero-order valence-corrected chi connectivity index (χ0v) is 12.8. The van der Waals surface area contributed by atoms with Gasteiger partial charge < -0.3 is 30.3 Å². The van der Waals surface area contributed by atoms with Crippen LogP contribution >= 0.6 is 0 Å². The van der Waals surface area contributed by atoms with Gasteiger partial charge in [-0.25, -0.2) is 13.1 Å². The van der Waals surface area contributed by atoms with Crippen LogP contribution in [0.2, 0.25) is 0 Å². The molecule has 1 saturated heterocycles. The SMILES string of the molecule is O=C1NS(=O)(=O)c2c1ccc(C1O[C@H](CO)[C@H](O)[C@H](O)[C@H]1O)c2O. The maximum Gasteiger partial charge on any atom is 0.268 e. The second-order valence-corrected chi connectivity index (χ2v) is 7.18. The summed E-state index contributed by atoms with van der Waals surface area (Å²) in [6, 6.07) is 2.30. The number of amides is 1. The number of sulfonamides is 1. The van der Waals surface area contributed by atoms with Crippen molar-refractivity contribution in [2.75, 3.05) is 6.61 Å². The number of phenolic OH excluding ortho intramolecular Hbond substituents is 1. The fraction of sp³-hybridized carbons (Fsp3) is 0.462. The molecule has 132 valence electrons. The van der Waals surface area contributed by atoms with E-state index in [1.807, 2.05) is 0 Å². The van der Waals surface area contributed by atoms with Crippen LogP contribution in [-0.4, -0.2) is 70.9 Å². The van der Waals surface area contributed by atoms with Gasteiger partial charge in [0.05, 0.1) is 12.2 Å². The van der Waals surface area contributed by atoms with E-state index >= 15 is 0 Å². The minimum absolute atomic E-state index is 0.203. The van der Waals surface area contributed by atoms with E-state index in [-0.39, 0.29) is 11.1 Å². The Balaban J connectivity index is 2.10. The van der Waals surface area contributed by atoms with E-state index in [2.05, 4.69) is 0 Å². The highest BCUT2D eigenvalue weighted by Gasteiger charge is 2.46. The lowest BCUT2D eigenvalue weighted by Crippen LogP contribution is -2.55. The van der Waals surface area contributed by atoms with Gasteiger partial charge in [-0.3, -0.25) is 4.79 Å². The highest BCUT2D eigenvalue weighted by atomic mass is 32.2. The molecular weight excluding hydrogens is 346 g/mol. The third-order valence-electron chi connectivity index (χ3n) is 4.10. The van der Waals surface area contributed by atoms with E-state index < -0.39 is 63.7 Å². The summed E-state index contributed by atoms with van der Waals surface area (Å²) in [5.74, 6) is -1.71. The van der Waals surface area contributed by atoms with Gasteiger partial charge in [0.15, 0.2) is 0 Å². The Hall–Kier alpha value is -1.76. The van der Waals surface area contributed by atoms with Gasteiger partial charge >= 0.3 is 0 Å². The average Bonchev–Trinajstić information content (AvgIpc) is 2.76. The maximum absolute atomic E-state index is 11.9. The number of phenols is 1. The monoisotopic (exact) mass is 361 g/mol. The number of aromatic hydroxyl groups is 1. The molecule has 1 aromatic rings. The summed E-state index contributed by atoms with van der Waals surface area (Å²) in [6.07, 6.45) is -7.62. The third kappa shape index (κ3) is 2.37. The quantitative estimate of drug-likeness (QED) is 0.328. The lowest BCUT2D eigenvalue weighted by molar-refractivity contribution is -0.232. The van der Waals surface area contributed by atoms with E-state index in [1.165, 1.54) is 6.07 Å². The Morgan fingerprint density at radius 2 is 1.79 bits per heavy atom. The minimum atomic E-state index is -4.26. The molecule has 0 radical (unpaired) electrons. The molecule has 1 unspecified atom stereocenters. The molecule has 0 bridgehead atoms. The van der Waals surface area contributed by atoms with Crippen LogP contribution in [0, 0.1) is 0 Å². The van der Waals surface area contributed by atoms with Gasteiger partial charge in [0, 0.05) is 5.56 Å². The minimum Gasteiger partial charge on any atom is -0.506 e. The largest absolute Gasteiger partial charge is 0.506 e. The molecule has 0 aliphatic carbocycles. The third-order valence-corrected chi connectivity index (χ3v) is 5.51. The highest BCUT2D eigenvalue weighted by Crippen LogP contribution is 2.41. The topological polar surface area (TPSA) is 174 Å². The number of nitrogens with one attached hydrogen (secondary N) is 1. The number of benzene rings is 1. The molecule has 5 atom stereocenters. The first kappa shape index (κ1) is 17.1. The van der Waals surface area contributed by atoms with Crippen molar-refractivity contribution in [2.45, 2.75) is 35.4 Å². The van der Waals surface area contributed by atoms with Crippen molar-refractivity contribution in [3.63, 3.8) is 0 Å². The van der Waals surface area contributed by atoms with Crippen molar-refractivity contribution < 1.29 is 43.5 Å². The number of hydrogen-bond donors (Lipinski definition) is 6. The number of fused-ring (bicyclic) bond motifs is 1. The molecule has 1 fully saturated rings. The zero-order valence-electron chi connectivity index (χ0n) is 12.0. The van der Waals surface area contributed by atoms with Gasteiger partial charge in [-0.1, -0.05) is 6.07 Å². The number of aliphatic hydroxyl groups is 4. The van der Waals surface area contributed by atoms with Crippen molar-refractivity contribution >= 4 is 15.9 Å². The standard InChI is InChI=1S/C13H15NO9S/c15-3-6-8(17)9(18)10(19)11(23-6)4-1-2-5-12(7(4)16)24(21,22)14-13(5)20/h1-2,6,8-11,15-19H,3H2,(H,14,20)/t6-,8+,9+,10-,11?/m1/s1. The lowest BCUT2D eigenvalue weighted by atomic mass is 9.90. The Bertz CT molecular complexity index is 791. The number of hydrogen-bond acceptors (Lipinski definition) is 9. The molecule has 0 aromatic heterocycles. The van der Waals surface area contributed by atoms with Crippen LogP contribution in [0.25, 0.3) is 0 Å². The van der Waals surface area contributed by atoms with Crippen molar-refractivity contribution in [2.24, 2.45) is 0 Å². The number of rotatable bonds is 2. The molecule has 24 heavy (non-hydrogen) atoms. The summed E-state index contributed by atoms with van der Waals surface area (Å²) in [5, 5.41) is 49.1. The predicted molar refractivity (Wildman–Crippen MR) is 75.5 cm³/mol. The predicted octanol–water partition coefficient (Wildman–Crippen LogP) is -2.66. The van der Waals surface area contributed by atoms with E-state index in [1.54, 1.807) is 4.72 Å². The molecule has 1 aromatic carbocycles. The fourth-order valence-electron chi connectivity index (χ4n) is 2.85. The Labute approximate surface area is 136 Å². The Kier molecular flexibility index (Phi) is 4.02. The van der Waals surface area contributed by atoms with Crippen LogP contribution in [0.4, 0.5) is 0 Å². The van der Waals surface area contributed by atoms with E-state index in [0.29, 0.717) is 0 Å². The molecule has 11 heteroatoms. The zero-order chi connectivity index (χ0) is 17.8. The molecule has 3 rings (SSSR count). The Morgan fingerprint density at radius 1 is 1.12 bits per heavy atom. The molecule has 10 nitrogen and oxygen atoms in total.